The number of nitrogens with one attached hydrogen (secondary N) is 1. The number of hydrogen-bond donors (Lipinski definition) is 1. The molecular formula is C19H15F2N3O3. The second kappa shape index (κ2) is 7.03. The molecule has 1 unspecified atom stereocenters. The molecule has 0 spiro atoms. The van der Waals surface area contributed by atoms with Gasteiger partial charge in [-0.2, -0.15) is 5.26 Å². The molecule has 1 heterocycles. The van der Waals surface area contributed by atoms with Gasteiger partial charge in [0.05, 0.1) is 18.2 Å². The first-order valence-corrected chi connectivity index (χ1v) is 8.08. The summed E-state index contributed by atoms with van der Waals surface area (Å²) in [5.41, 5.74) is -0.853. The van der Waals surface area contributed by atoms with Crippen LogP contribution in [-0.2, 0) is 10.3 Å². The summed E-state index contributed by atoms with van der Waals surface area (Å²) in [6.45, 7) is 1.45. The summed E-state index contributed by atoms with van der Waals surface area (Å²) in [6.07, 6.45) is 0. The second-order valence-electron chi connectivity index (χ2n) is 6.13. The maximum atomic E-state index is 13.5. The van der Waals surface area contributed by atoms with Crippen LogP contribution in [0.25, 0.3) is 0 Å². The number of nitrogens with zero attached hydrogens (tertiary/aromatic N) is 2. The first-order valence-electron chi connectivity index (χ1n) is 8.08. The molecule has 3 rings (SSSR count). The van der Waals surface area contributed by atoms with Gasteiger partial charge in [-0.15, -0.1) is 0 Å². The Labute approximate surface area is 154 Å². The fourth-order valence-electron chi connectivity index (χ4n) is 2.78. The molecule has 1 fully saturated rings. The molecule has 3 amide bonds. The van der Waals surface area contributed by atoms with Crippen molar-refractivity contribution < 1.29 is 23.1 Å². The molecule has 138 valence electrons. The summed E-state index contributed by atoms with van der Waals surface area (Å²) in [4.78, 5) is 25.8. The summed E-state index contributed by atoms with van der Waals surface area (Å²) in [5, 5.41) is 11.3. The van der Waals surface area contributed by atoms with E-state index in [9.17, 15) is 18.4 Å². The number of rotatable bonds is 5. The van der Waals surface area contributed by atoms with Crippen LogP contribution in [0, 0.1) is 23.0 Å². The topological polar surface area (TPSA) is 82.4 Å². The lowest BCUT2D eigenvalue weighted by Crippen LogP contribution is -2.41. The summed E-state index contributed by atoms with van der Waals surface area (Å²) >= 11 is 0. The third-order valence-electron chi connectivity index (χ3n) is 4.34. The SMILES string of the molecule is CC1(c2ccc(F)c(F)c2)NC(=O)N(CCOc2ccc(C#N)cc2)C1=O. The lowest BCUT2D eigenvalue weighted by Gasteiger charge is -2.22. The van der Waals surface area contributed by atoms with Gasteiger partial charge in [-0.25, -0.2) is 13.6 Å². The van der Waals surface area contributed by atoms with E-state index in [1.54, 1.807) is 24.3 Å². The van der Waals surface area contributed by atoms with Crippen LogP contribution in [0.15, 0.2) is 42.5 Å². The summed E-state index contributed by atoms with van der Waals surface area (Å²) < 4.78 is 32.1. The first-order chi connectivity index (χ1) is 12.8. The van der Waals surface area contributed by atoms with E-state index in [-0.39, 0.29) is 18.7 Å². The molecule has 0 saturated carbocycles. The van der Waals surface area contributed by atoms with Crippen LogP contribution in [0.5, 0.6) is 5.75 Å². The summed E-state index contributed by atoms with van der Waals surface area (Å²) in [7, 11) is 0. The molecule has 0 aliphatic carbocycles. The third-order valence-corrected chi connectivity index (χ3v) is 4.34. The molecule has 8 heteroatoms. The van der Waals surface area contributed by atoms with E-state index < -0.39 is 29.1 Å². The van der Waals surface area contributed by atoms with E-state index in [1.807, 2.05) is 6.07 Å². The van der Waals surface area contributed by atoms with Crippen molar-refractivity contribution in [1.82, 2.24) is 10.2 Å². The van der Waals surface area contributed by atoms with Crippen molar-refractivity contribution in [3.05, 3.63) is 65.2 Å². The molecule has 0 aromatic heterocycles. The molecule has 27 heavy (non-hydrogen) atoms. The van der Waals surface area contributed by atoms with Crippen LogP contribution < -0.4 is 10.1 Å². The Morgan fingerprint density at radius 3 is 2.48 bits per heavy atom. The molecule has 2 aromatic carbocycles. The molecule has 6 nitrogen and oxygen atoms in total. The number of amides is 3. The fraction of sp³-hybridized carbons (Fsp3) is 0.211. The quantitative estimate of drug-likeness (QED) is 0.820. The van der Waals surface area contributed by atoms with Crippen LogP contribution in [-0.4, -0.2) is 30.0 Å². The standard InChI is InChI=1S/C19H15F2N3O3/c1-19(13-4-7-15(20)16(21)10-13)17(25)24(18(26)23-19)8-9-27-14-5-2-12(11-22)3-6-14/h2-7,10H,8-9H2,1H3,(H,23,26). The van der Waals surface area contributed by atoms with Crippen molar-refractivity contribution in [2.24, 2.45) is 0 Å². The van der Waals surface area contributed by atoms with Gasteiger partial charge in [0.25, 0.3) is 5.91 Å². The van der Waals surface area contributed by atoms with Gasteiger partial charge in [0.2, 0.25) is 0 Å². The van der Waals surface area contributed by atoms with E-state index in [2.05, 4.69) is 5.32 Å². The van der Waals surface area contributed by atoms with Gasteiger partial charge in [-0.3, -0.25) is 9.69 Å². The molecule has 1 saturated heterocycles. The molecule has 0 radical (unpaired) electrons. The number of benzene rings is 2. The van der Waals surface area contributed by atoms with E-state index in [1.165, 1.54) is 13.0 Å². The number of halogens is 2. The molecule has 2 aromatic rings. The van der Waals surface area contributed by atoms with E-state index in [4.69, 9.17) is 10.00 Å². The fourth-order valence-corrected chi connectivity index (χ4v) is 2.78. The number of nitriles is 1. The predicted octanol–water partition coefficient (Wildman–Crippen LogP) is 2.68. The van der Waals surface area contributed by atoms with Crippen molar-refractivity contribution >= 4 is 11.9 Å². The van der Waals surface area contributed by atoms with Gasteiger partial charge < -0.3 is 10.1 Å². The number of carbonyl (C=O) groups is 2. The van der Waals surface area contributed by atoms with E-state index in [0.29, 0.717) is 11.3 Å². The molecular weight excluding hydrogens is 356 g/mol. The minimum absolute atomic E-state index is 0.0239. The molecule has 0 bridgehead atoms. The van der Waals surface area contributed by atoms with Crippen LogP contribution in [0.2, 0.25) is 0 Å². The maximum absolute atomic E-state index is 13.5. The van der Waals surface area contributed by atoms with E-state index >= 15 is 0 Å². The van der Waals surface area contributed by atoms with Crippen molar-refractivity contribution in [2.75, 3.05) is 13.2 Å². The van der Waals surface area contributed by atoms with Gasteiger partial charge in [-0.1, -0.05) is 6.07 Å². The van der Waals surface area contributed by atoms with Crippen LogP contribution in [0.4, 0.5) is 13.6 Å². The molecule has 1 atom stereocenters. The zero-order valence-corrected chi connectivity index (χ0v) is 14.3. The number of hydrogen-bond acceptors (Lipinski definition) is 4. The number of urea groups is 1. The minimum atomic E-state index is -1.49. The Bertz CT molecular complexity index is 940. The highest BCUT2D eigenvalue weighted by Crippen LogP contribution is 2.29. The lowest BCUT2D eigenvalue weighted by atomic mass is 9.92. The maximum Gasteiger partial charge on any atom is 0.325 e. The largest absolute Gasteiger partial charge is 0.492 e. The van der Waals surface area contributed by atoms with Crippen molar-refractivity contribution in [1.29, 1.82) is 5.26 Å². The first kappa shape index (κ1) is 18.3. The number of carbonyl (C=O) groups excluding carboxylic acids is 2. The predicted molar refractivity (Wildman–Crippen MR) is 90.6 cm³/mol. The van der Waals surface area contributed by atoms with Gasteiger partial charge >= 0.3 is 6.03 Å². The van der Waals surface area contributed by atoms with Gasteiger partial charge in [0.1, 0.15) is 17.9 Å². The van der Waals surface area contributed by atoms with Crippen molar-refractivity contribution in [3.8, 4) is 11.8 Å². The summed E-state index contributed by atoms with van der Waals surface area (Å²) in [6, 6.07) is 10.8. The monoisotopic (exact) mass is 371 g/mol. The van der Waals surface area contributed by atoms with Crippen LogP contribution in [0.1, 0.15) is 18.1 Å². The van der Waals surface area contributed by atoms with E-state index in [0.717, 1.165) is 17.0 Å². The Balaban J connectivity index is 1.68. The summed E-state index contributed by atoms with van der Waals surface area (Å²) in [5.74, 6) is -2.23. The third kappa shape index (κ3) is 3.44. The van der Waals surface area contributed by atoms with Gasteiger partial charge in [0, 0.05) is 0 Å². The zero-order valence-electron chi connectivity index (χ0n) is 14.3. The normalized spacial score (nSPS) is 19.0. The van der Waals surface area contributed by atoms with Gasteiger partial charge in [0.15, 0.2) is 11.6 Å². The second-order valence-corrected chi connectivity index (χ2v) is 6.13. The average Bonchev–Trinajstić information content (AvgIpc) is 2.88. The Hall–Kier alpha value is -3.47. The Morgan fingerprint density at radius 1 is 1.15 bits per heavy atom. The highest BCUT2D eigenvalue weighted by Gasteiger charge is 2.49. The average molecular weight is 371 g/mol. The minimum Gasteiger partial charge on any atom is -0.492 e. The smallest absolute Gasteiger partial charge is 0.325 e. The van der Waals surface area contributed by atoms with Crippen molar-refractivity contribution in [3.63, 3.8) is 0 Å². The highest BCUT2D eigenvalue weighted by atomic mass is 19.2. The highest BCUT2D eigenvalue weighted by molar-refractivity contribution is 6.07. The number of imide groups is 1. The van der Waals surface area contributed by atoms with Crippen molar-refractivity contribution in [2.45, 2.75) is 12.5 Å². The zero-order chi connectivity index (χ0) is 19.6. The Morgan fingerprint density at radius 2 is 1.85 bits per heavy atom. The molecule has 1 N–H and O–H groups in total. The lowest BCUT2D eigenvalue weighted by molar-refractivity contribution is -0.131. The van der Waals surface area contributed by atoms with Crippen LogP contribution in [0.3, 0.4) is 0 Å². The molecule has 1 aliphatic heterocycles. The Kier molecular flexibility index (Phi) is 4.77. The van der Waals surface area contributed by atoms with Gasteiger partial charge in [-0.05, 0) is 48.9 Å². The molecule has 1 aliphatic rings. The number of ether oxygens (including phenoxy) is 1. The van der Waals surface area contributed by atoms with Crippen LogP contribution >= 0.6 is 0 Å².